The van der Waals surface area contributed by atoms with E-state index in [0.29, 0.717) is 22.7 Å². The predicted molar refractivity (Wildman–Crippen MR) is 183 cm³/mol. The minimum atomic E-state index is -4.41. The van der Waals surface area contributed by atoms with Crippen molar-refractivity contribution in [1.82, 2.24) is 19.9 Å². The first-order valence-electron chi connectivity index (χ1n) is 14.6. The van der Waals surface area contributed by atoms with Crippen molar-refractivity contribution in [2.75, 3.05) is 31.0 Å². The highest BCUT2D eigenvalue weighted by atomic mass is 35.5. The molecule has 0 aliphatic rings. The molecule has 0 saturated heterocycles. The zero-order valence-corrected chi connectivity index (χ0v) is 29.0. The number of ether oxygens (including phenoxy) is 1. The lowest BCUT2D eigenvalue weighted by molar-refractivity contribution is -0.139. The molecule has 0 amide bonds. The highest BCUT2D eigenvalue weighted by molar-refractivity contribution is 7.18. The standard InChI is InChI=1S/C17H16F3N3OS.C16H13ClF3N3S/c1-10(11-6-4-5-7-12(11)17(18,19)20)23(2)15-14-13(8-9-25-14)21-16(22-15)24-3;1-9(10-5-3-4-6-11(10)16(18,19)20)23(2)14-13-12(7-8-24-13)21-15(17)22-14/h4-10H,1-3H3;3-9H,1-2H3. The Kier molecular flexibility index (Phi) is 10.6. The fraction of sp³-hybridized carbons (Fsp3) is 0.273. The number of benzene rings is 2. The molecule has 2 aromatic carbocycles. The van der Waals surface area contributed by atoms with E-state index < -0.39 is 35.6 Å². The predicted octanol–water partition coefficient (Wildman–Crippen LogP) is 10.5. The minimum absolute atomic E-state index is 0.0686. The first-order valence-corrected chi connectivity index (χ1v) is 16.7. The molecule has 0 saturated carbocycles. The van der Waals surface area contributed by atoms with Crippen LogP contribution in [0.1, 0.15) is 48.2 Å². The maximum absolute atomic E-state index is 13.3. The van der Waals surface area contributed by atoms with Crippen LogP contribution in [0, 0.1) is 0 Å². The third-order valence-corrected chi connectivity index (χ3v) is 9.94. The molecule has 16 heteroatoms. The molecule has 0 fully saturated rings. The number of anilines is 2. The molecule has 2 atom stereocenters. The number of methoxy groups -OCH3 is 1. The van der Waals surface area contributed by atoms with Gasteiger partial charge in [0.1, 0.15) is 0 Å². The molecule has 0 N–H and O–H groups in total. The van der Waals surface area contributed by atoms with E-state index in [1.807, 2.05) is 16.8 Å². The lowest BCUT2D eigenvalue weighted by Gasteiger charge is -2.28. The molecular weight excluding hydrogens is 710 g/mol. The van der Waals surface area contributed by atoms with Gasteiger partial charge >= 0.3 is 18.4 Å². The molecule has 4 aromatic heterocycles. The SMILES string of the molecule is CC(c1ccccc1C(F)(F)F)N(C)c1nc(Cl)nc2ccsc12.COc1nc(N(C)C(C)c2ccccc2C(F)(F)F)c2sccc2n1. The largest absolute Gasteiger partial charge is 0.467 e. The van der Waals surface area contributed by atoms with E-state index in [-0.39, 0.29) is 22.4 Å². The van der Waals surface area contributed by atoms with Gasteiger partial charge in [-0.1, -0.05) is 36.4 Å². The molecule has 0 bridgehead atoms. The molecule has 0 aliphatic heterocycles. The van der Waals surface area contributed by atoms with Crippen LogP contribution in [0.15, 0.2) is 71.4 Å². The van der Waals surface area contributed by atoms with Crippen molar-refractivity contribution in [3.05, 3.63) is 99.0 Å². The molecule has 4 heterocycles. The van der Waals surface area contributed by atoms with Crippen molar-refractivity contribution in [2.24, 2.45) is 0 Å². The van der Waals surface area contributed by atoms with Crippen LogP contribution in [-0.4, -0.2) is 41.1 Å². The van der Waals surface area contributed by atoms with E-state index in [0.717, 1.165) is 21.5 Å². The van der Waals surface area contributed by atoms with Gasteiger partial charge in [0.2, 0.25) is 5.28 Å². The summed E-state index contributed by atoms with van der Waals surface area (Å²) >= 11 is 8.82. The summed E-state index contributed by atoms with van der Waals surface area (Å²) in [7, 11) is 4.88. The molecular formula is C33H29ClF6N6OS2. The van der Waals surface area contributed by atoms with Crippen molar-refractivity contribution >= 4 is 66.3 Å². The second kappa shape index (κ2) is 14.3. The Hall–Kier alpha value is -4.21. The first-order chi connectivity index (χ1) is 23.1. The summed E-state index contributed by atoms with van der Waals surface area (Å²) in [5.74, 6) is 1.06. The molecule has 2 unspecified atom stereocenters. The normalized spacial score (nSPS) is 13.1. The number of halogens is 7. The quantitative estimate of drug-likeness (QED) is 0.119. The number of rotatable bonds is 7. The summed E-state index contributed by atoms with van der Waals surface area (Å²) in [5, 5.41) is 3.78. The highest BCUT2D eigenvalue weighted by Crippen LogP contribution is 2.40. The van der Waals surface area contributed by atoms with Crippen LogP contribution in [-0.2, 0) is 12.4 Å². The average molecular weight is 739 g/mol. The molecule has 7 nitrogen and oxygen atoms in total. The Labute approximate surface area is 290 Å². The summed E-state index contributed by atoms with van der Waals surface area (Å²) in [6.45, 7) is 3.43. The molecule has 258 valence electrons. The lowest BCUT2D eigenvalue weighted by Crippen LogP contribution is -2.25. The van der Waals surface area contributed by atoms with Crippen LogP contribution in [0.5, 0.6) is 6.01 Å². The van der Waals surface area contributed by atoms with Gasteiger partial charge < -0.3 is 14.5 Å². The van der Waals surface area contributed by atoms with Crippen LogP contribution in [0.3, 0.4) is 0 Å². The number of nitrogens with zero attached hydrogens (tertiary/aromatic N) is 6. The Morgan fingerprint density at radius 1 is 0.653 bits per heavy atom. The maximum Gasteiger partial charge on any atom is 0.416 e. The van der Waals surface area contributed by atoms with Crippen LogP contribution < -0.4 is 14.5 Å². The average Bonchev–Trinajstić information content (AvgIpc) is 3.75. The Bertz CT molecular complexity index is 2070. The lowest BCUT2D eigenvalue weighted by atomic mass is 10.00. The number of fused-ring (bicyclic) bond motifs is 2. The maximum atomic E-state index is 13.3. The van der Waals surface area contributed by atoms with Crippen molar-refractivity contribution in [3.8, 4) is 6.01 Å². The third kappa shape index (κ3) is 7.68. The van der Waals surface area contributed by atoms with E-state index in [1.54, 1.807) is 55.9 Å². The summed E-state index contributed by atoms with van der Waals surface area (Å²) in [5.41, 5.74) is 0.476. The van der Waals surface area contributed by atoms with Crippen LogP contribution in [0.2, 0.25) is 5.28 Å². The molecule has 49 heavy (non-hydrogen) atoms. The zero-order valence-electron chi connectivity index (χ0n) is 26.6. The van der Waals surface area contributed by atoms with Crippen molar-refractivity contribution in [2.45, 2.75) is 38.3 Å². The van der Waals surface area contributed by atoms with Gasteiger partial charge in [-0.15, -0.1) is 22.7 Å². The van der Waals surface area contributed by atoms with Gasteiger partial charge in [0.25, 0.3) is 0 Å². The highest BCUT2D eigenvalue weighted by Gasteiger charge is 2.36. The first kappa shape index (κ1) is 36.1. The van der Waals surface area contributed by atoms with Gasteiger partial charge in [0.15, 0.2) is 11.6 Å². The third-order valence-electron chi connectivity index (χ3n) is 7.97. The summed E-state index contributed by atoms with van der Waals surface area (Å²) in [6, 6.07) is 13.9. The number of aromatic nitrogens is 4. The van der Waals surface area contributed by atoms with Gasteiger partial charge in [-0.2, -0.15) is 41.3 Å². The number of alkyl halides is 6. The summed E-state index contributed by atoms with van der Waals surface area (Å²) < 4.78 is 86.6. The topological polar surface area (TPSA) is 67.3 Å². The fourth-order valence-corrected chi connectivity index (χ4v) is 7.14. The van der Waals surface area contributed by atoms with E-state index in [9.17, 15) is 26.3 Å². The summed E-state index contributed by atoms with van der Waals surface area (Å²) in [6.07, 6.45) is -8.82. The number of hydrogen-bond acceptors (Lipinski definition) is 9. The number of hydrogen-bond donors (Lipinski definition) is 0. The zero-order chi connectivity index (χ0) is 35.7. The van der Waals surface area contributed by atoms with E-state index >= 15 is 0 Å². The van der Waals surface area contributed by atoms with Gasteiger partial charge in [0.05, 0.1) is 50.8 Å². The molecule has 6 rings (SSSR count). The van der Waals surface area contributed by atoms with E-state index in [2.05, 4.69) is 19.9 Å². The molecule has 0 radical (unpaired) electrons. The Balaban J connectivity index is 0.000000191. The second-order valence-corrected chi connectivity index (χ2v) is 13.0. The minimum Gasteiger partial charge on any atom is -0.467 e. The molecule has 0 spiro atoms. The molecule has 6 aromatic rings. The van der Waals surface area contributed by atoms with Crippen LogP contribution >= 0.6 is 34.3 Å². The van der Waals surface area contributed by atoms with E-state index in [1.165, 1.54) is 54.0 Å². The van der Waals surface area contributed by atoms with Gasteiger partial charge in [-0.25, -0.2) is 4.98 Å². The van der Waals surface area contributed by atoms with Gasteiger partial charge in [0, 0.05) is 14.1 Å². The van der Waals surface area contributed by atoms with Gasteiger partial charge in [-0.3, -0.25) is 0 Å². The summed E-state index contributed by atoms with van der Waals surface area (Å²) in [4.78, 5) is 20.4. The van der Waals surface area contributed by atoms with Crippen molar-refractivity contribution in [1.29, 1.82) is 0 Å². The van der Waals surface area contributed by atoms with Gasteiger partial charge in [-0.05, 0) is 71.6 Å². The van der Waals surface area contributed by atoms with Crippen LogP contribution in [0.25, 0.3) is 20.4 Å². The Morgan fingerprint density at radius 3 is 1.53 bits per heavy atom. The Morgan fingerprint density at radius 2 is 1.08 bits per heavy atom. The molecule has 0 aliphatic carbocycles. The van der Waals surface area contributed by atoms with Crippen molar-refractivity contribution < 1.29 is 31.1 Å². The number of thiophene rings is 2. The fourth-order valence-electron chi connectivity index (χ4n) is 5.24. The monoisotopic (exact) mass is 738 g/mol. The smallest absolute Gasteiger partial charge is 0.416 e. The van der Waals surface area contributed by atoms with Crippen molar-refractivity contribution in [3.63, 3.8) is 0 Å². The van der Waals surface area contributed by atoms with E-state index in [4.69, 9.17) is 16.3 Å². The second-order valence-electron chi connectivity index (χ2n) is 10.9. The van der Waals surface area contributed by atoms with Crippen LogP contribution in [0.4, 0.5) is 38.0 Å².